The molecule has 2 aliphatic rings. The molecule has 0 atom stereocenters. The molecule has 4 rings (SSSR count). The lowest BCUT2D eigenvalue weighted by Crippen LogP contribution is -2.50. The van der Waals surface area contributed by atoms with E-state index in [1.807, 2.05) is 41.4 Å². The van der Waals surface area contributed by atoms with Gasteiger partial charge in [-0.2, -0.15) is 0 Å². The van der Waals surface area contributed by atoms with E-state index < -0.39 is 0 Å². The smallest absolute Gasteiger partial charge is 0.237 e. The second kappa shape index (κ2) is 8.69. The van der Waals surface area contributed by atoms with Gasteiger partial charge in [0.05, 0.1) is 20.8 Å². The highest BCUT2D eigenvalue weighted by molar-refractivity contribution is 5.78. The minimum atomic E-state index is 0.191. The monoisotopic (exact) mass is 396 g/mol. The van der Waals surface area contributed by atoms with Crippen LogP contribution < -0.4 is 14.4 Å². The first-order valence-electron chi connectivity index (χ1n) is 10.1. The highest BCUT2D eigenvalue weighted by Gasteiger charge is 2.26. The second-order valence-electron chi connectivity index (χ2n) is 7.49. The maximum Gasteiger partial charge on any atom is 0.237 e. The molecule has 0 unspecified atom stereocenters. The van der Waals surface area contributed by atoms with Crippen LogP contribution in [0.15, 0.2) is 36.5 Å². The van der Waals surface area contributed by atoms with E-state index in [0.29, 0.717) is 18.8 Å². The van der Waals surface area contributed by atoms with E-state index >= 15 is 0 Å². The Morgan fingerprint density at radius 3 is 2.38 bits per heavy atom. The van der Waals surface area contributed by atoms with Crippen molar-refractivity contribution < 1.29 is 14.3 Å². The van der Waals surface area contributed by atoms with Gasteiger partial charge in [-0.25, -0.2) is 4.98 Å². The molecule has 2 aliphatic heterocycles. The zero-order valence-electron chi connectivity index (χ0n) is 17.1. The average Bonchev–Trinajstić information content (AvgIpc) is 2.78. The standard InChI is InChI=1S/C22H28N4O3/c1-28-19-13-17-6-8-26(15-18(17)14-20(19)29-2)22(27)16-24-9-11-25(12-10-24)21-5-3-4-7-23-21/h3-5,7,13-14H,6,8-12,15-16H2,1-2H3. The molecule has 0 radical (unpaired) electrons. The van der Waals surface area contributed by atoms with E-state index in [2.05, 4.69) is 14.8 Å². The highest BCUT2D eigenvalue weighted by Crippen LogP contribution is 2.33. The van der Waals surface area contributed by atoms with Crippen molar-refractivity contribution >= 4 is 11.7 Å². The van der Waals surface area contributed by atoms with E-state index in [0.717, 1.165) is 56.3 Å². The van der Waals surface area contributed by atoms with Crippen LogP contribution in [0.2, 0.25) is 0 Å². The van der Waals surface area contributed by atoms with Gasteiger partial charge in [0.15, 0.2) is 11.5 Å². The van der Waals surface area contributed by atoms with Crippen molar-refractivity contribution in [3.05, 3.63) is 47.7 Å². The lowest BCUT2D eigenvalue weighted by molar-refractivity contribution is -0.133. The number of piperazine rings is 1. The van der Waals surface area contributed by atoms with Crippen LogP contribution in [0.4, 0.5) is 5.82 Å². The van der Waals surface area contributed by atoms with Crippen molar-refractivity contribution in [2.24, 2.45) is 0 Å². The molecule has 1 aromatic carbocycles. The van der Waals surface area contributed by atoms with Crippen LogP contribution in [0.5, 0.6) is 11.5 Å². The molecule has 0 bridgehead atoms. The minimum Gasteiger partial charge on any atom is -0.493 e. The number of pyridine rings is 1. The SMILES string of the molecule is COc1cc2c(cc1OC)CN(C(=O)CN1CCN(c3ccccn3)CC1)CC2. The van der Waals surface area contributed by atoms with Gasteiger partial charge in [0.2, 0.25) is 5.91 Å². The summed E-state index contributed by atoms with van der Waals surface area (Å²) in [7, 11) is 3.29. The summed E-state index contributed by atoms with van der Waals surface area (Å²) >= 11 is 0. The number of hydrogen-bond acceptors (Lipinski definition) is 6. The Bertz CT molecular complexity index is 851. The predicted molar refractivity (Wildman–Crippen MR) is 112 cm³/mol. The summed E-state index contributed by atoms with van der Waals surface area (Å²) in [6.45, 7) is 5.38. The van der Waals surface area contributed by atoms with Crippen LogP contribution >= 0.6 is 0 Å². The number of carbonyl (C=O) groups is 1. The molecule has 7 heteroatoms. The third-order valence-corrected chi connectivity index (χ3v) is 5.78. The first-order valence-corrected chi connectivity index (χ1v) is 10.1. The molecule has 1 amide bonds. The number of fused-ring (bicyclic) bond motifs is 1. The molecule has 29 heavy (non-hydrogen) atoms. The lowest BCUT2D eigenvalue weighted by Gasteiger charge is -2.36. The number of hydrogen-bond donors (Lipinski definition) is 0. The number of methoxy groups -OCH3 is 2. The molecule has 0 N–H and O–H groups in total. The molecule has 0 saturated carbocycles. The van der Waals surface area contributed by atoms with Crippen molar-refractivity contribution in [1.82, 2.24) is 14.8 Å². The van der Waals surface area contributed by atoms with Crippen molar-refractivity contribution in [2.75, 3.05) is 58.4 Å². The first-order chi connectivity index (χ1) is 14.2. The van der Waals surface area contributed by atoms with Gasteiger partial charge in [-0.1, -0.05) is 6.07 Å². The van der Waals surface area contributed by atoms with Gasteiger partial charge in [0.25, 0.3) is 0 Å². The first kappa shape index (κ1) is 19.5. The molecule has 0 spiro atoms. The molecule has 1 saturated heterocycles. The number of aromatic nitrogens is 1. The van der Waals surface area contributed by atoms with Crippen LogP contribution in [-0.4, -0.2) is 74.2 Å². The molecule has 0 aliphatic carbocycles. The summed E-state index contributed by atoms with van der Waals surface area (Å²) < 4.78 is 10.8. The highest BCUT2D eigenvalue weighted by atomic mass is 16.5. The summed E-state index contributed by atoms with van der Waals surface area (Å²) in [5.41, 5.74) is 2.37. The topological polar surface area (TPSA) is 58.1 Å². The fourth-order valence-corrected chi connectivity index (χ4v) is 4.06. The maximum atomic E-state index is 12.9. The summed E-state index contributed by atoms with van der Waals surface area (Å²) in [5.74, 6) is 2.66. The van der Waals surface area contributed by atoms with Crippen LogP contribution in [-0.2, 0) is 17.8 Å². The maximum absolute atomic E-state index is 12.9. The van der Waals surface area contributed by atoms with Crippen LogP contribution in [0.25, 0.3) is 0 Å². The van der Waals surface area contributed by atoms with Crippen LogP contribution in [0.3, 0.4) is 0 Å². The number of anilines is 1. The van der Waals surface area contributed by atoms with Crippen molar-refractivity contribution in [3.63, 3.8) is 0 Å². The zero-order chi connectivity index (χ0) is 20.2. The summed E-state index contributed by atoms with van der Waals surface area (Å²) in [6.07, 6.45) is 2.67. The molecular weight excluding hydrogens is 368 g/mol. The predicted octanol–water partition coefficient (Wildman–Crippen LogP) is 1.81. The molecule has 7 nitrogen and oxygen atoms in total. The van der Waals surface area contributed by atoms with Gasteiger partial charge >= 0.3 is 0 Å². The Kier molecular flexibility index (Phi) is 5.85. The number of amides is 1. The van der Waals surface area contributed by atoms with Gasteiger partial charge < -0.3 is 19.3 Å². The number of benzene rings is 1. The Morgan fingerprint density at radius 2 is 1.72 bits per heavy atom. The molecular formula is C22H28N4O3. The summed E-state index contributed by atoms with van der Waals surface area (Å²) in [5, 5.41) is 0. The number of rotatable bonds is 5. The van der Waals surface area contributed by atoms with E-state index in [9.17, 15) is 4.79 Å². The number of nitrogens with zero attached hydrogens (tertiary/aromatic N) is 4. The van der Waals surface area contributed by atoms with Crippen molar-refractivity contribution in [2.45, 2.75) is 13.0 Å². The summed E-state index contributed by atoms with van der Waals surface area (Å²) in [4.78, 5) is 23.8. The molecule has 3 heterocycles. The Balaban J connectivity index is 1.33. The Hall–Kier alpha value is -2.80. The quantitative estimate of drug-likeness (QED) is 0.768. The fraction of sp³-hybridized carbons (Fsp3) is 0.455. The average molecular weight is 396 g/mol. The minimum absolute atomic E-state index is 0.191. The molecule has 154 valence electrons. The third-order valence-electron chi connectivity index (χ3n) is 5.78. The Morgan fingerprint density at radius 1 is 1.00 bits per heavy atom. The van der Waals surface area contributed by atoms with E-state index in [1.54, 1.807) is 14.2 Å². The van der Waals surface area contributed by atoms with E-state index in [1.165, 1.54) is 5.56 Å². The van der Waals surface area contributed by atoms with E-state index in [-0.39, 0.29) is 5.91 Å². The zero-order valence-corrected chi connectivity index (χ0v) is 17.1. The summed E-state index contributed by atoms with van der Waals surface area (Å²) in [6, 6.07) is 10.0. The third kappa shape index (κ3) is 4.29. The Labute approximate surface area is 171 Å². The number of carbonyl (C=O) groups excluding carboxylic acids is 1. The molecule has 2 aromatic rings. The largest absolute Gasteiger partial charge is 0.493 e. The van der Waals surface area contributed by atoms with Gasteiger partial charge in [-0.15, -0.1) is 0 Å². The normalized spacial score (nSPS) is 17.0. The van der Waals surface area contributed by atoms with Crippen LogP contribution in [0, 0.1) is 0 Å². The van der Waals surface area contributed by atoms with Gasteiger partial charge in [0.1, 0.15) is 5.82 Å². The molecule has 1 fully saturated rings. The van der Waals surface area contributed by atoms with E-state index in [4.69, 9.17) is 9.47 Å². The lowest BCUT2D eigenvalue weighted by atomic mass is 9.98. The molecule has 1 aromatic heterocycles. The van der Waals surface area contributed by atoms with Gasteiger partial charge in [-0.05, 0) is 41.8 Å². The van der Waals surface area contributed by atoms with Crippen molar-refractivity contribution in [3.8, 4) is 11.5 Å². The van der Waals surface area contributed by atoms with Crippen LogP contribution in [0.1, 0.15) is 11.1 Å². The fourth-order valence-electron chi connectivity index (χ4n) is 4.06. The number of ether oxygens (including phenoxy) is 2. The van der Waals surface area contributed by atoms with Crippen molar-refractivity contribution in [1.29, 1.82) is 0 Å². The van der Waals surface area contributed by atoms with Gasteiger partial charge in [-0.3, -0.25) is 9.69 Å². The second-order valence-corrected chi connectivity index (χ2v) is 7.49. The van der Waals surface area contributed by atoms with Gasteiger partial charge in [0, 0.05) is 45.5 Å².